The second kappa shape index (κ2) is 7.76. The van der Waals surface area contributed by atoms with Crippen LogP contribution in [0.1, 0.15) is 5.56 Å². The Hall–Kier alpha value is -4.53. The van der Waals surface area contributed by atoms with Crippen molar-refractivity contribution in [1.82, 2.24) is 0 Å². The number of hydrogen-bond acceptors (Lipinski definition) is 4. The van der Waals surface area contributed by atoms with E-state index in [2.05, 4.69) is 20.0 Å². The van der Waals surface area contributed by atoms with Gasteiger partial charge in [0.1, 0.15) is 22.8 Å². The van der Waals surface area contributed by atoms with E-state index in [-0.39, 0.29) is 17.0 Å². The summed E-state index contributed by atoms with van der Waals surface area (Å²) < 4.78 is 75.2. The van der Waals surface area contributed by atoms with Crippen LogP contribution >= 0.6 is 0 Å². The van der Waals surface area contributed by atoms with Crippen LogP contribution in [0.5, 0.6) is 0 Å². The van der Waals surface area contributed by atoms with E-state index in [1.807, 2.05) is 0 Å². The molecule has 0 amide bonds. The van der Waals surface area contributed by atoms with Crippen LogP contribution in [0.4, 0.5) is 22.0 Å². The van der Waals surface area contributed by atoms with E-state index in [0.29, 0.717) is 22.7 Å². The highest BCUT2D eigenvalue weighted by molar-refractivity contribution is 6.33. The van der Waals surface area contributed by atoms with Gasteiger partial charge in [0.15, 0.2) is 29.1 Å². The number of aliphatic imine (C=N–C) groups is 4. The Morgan fingerprint density at radius 2 is 1.23 bits per heavy atom. The lowest BCUT2D eigenvalue weighted by atomic mass is 10.0. The largest absolute Gasteiger partial charge is 0.249 e. The fourth-order valence-electron chi connectivity index (χ4n) is 3.96. The maximum absolute atomic E-state index is 15.6. The Morgan fingerprint density at radius 1 is 0.514 bits per heavy atom. The minimum absolute atomic E-state index is 0.0229. The van der Waals surface area contributed by atoms with E-state index in [1.54, 1.807) is 48.6 Å². The third kappa shape index (κ3) is 3.35. The minimum atomic E-state index is -1.76. The van der Waals surface area contributed by atoms with E-state index in [9.17, 15) is 13.2 Å². The average Bonchev–Trinajstić information content (AvgIpc) is 3.63. The van der Waals surface area contributed by atoms with Gasteiger partial charge in [-0.25, -0.2) is 41.9 Å². The lowest BCUT2D eigenvalue weighted by molar-refractivity contribution is 0.566. The second-order valence-corrected chi connectivity index (χ2v) is 7.80. The van der Waals surface area contributed by atoms with Gasteiger partial charge in [-0.2, -0.15) is 0 Å². The standard InChI is InChI=1S/C26H11F5N4/c27-19-16-9-8-14(33-16)10-13-6-7-15(32-13)11-17-18(12-4-2-1-3-5-12)20(28)25(34-17)23(31)26-22(30)21(29)24(19)35-26/h1-11H. The van der Waals surface area contributed by atoms with Gasteiger partial charge in [0.25, 0.3) is 0 Å². The van der Waals surface area contributed by atoms with Crippen molar-refractivity contribution in [3.8, 4) is 0 Å². The number of benzene rings is 1. The SMILES string of the molecule is FC1=C(F)C2=C(F)C3=NC(=CC4=NC(=CC5=NC(=C(F)C1=N2)C(F)=C5c1ccccc1)C=C4)C=C3. The molecule has 0 radical (unpaired) electrons. The van der Waals surface area contributed by atoms with Crippen molar-refractivity contribution in [1.29, 1.82) is 0 Å². The Balaban J connectivity index is 1.64. The molecule has 0 aliphatic carbocycles. The molecule has 5 aliphatic heterocycles. The summed E-state index contributed by atoms with van der Waals surface area (Å²) >= 11 is 0. The van der Waals surface area contributed by atoms with E-state index in [0.717, 1.165) is 0 Å². The van der Waals surface area contributed by atoms with Gasteiger partial charge in [0.05, 0.1) is 22.8 Å². The zero-order chi connectivity index (χ0) is 24.3. The summed E-state index contributed by atoms with van der Waals surface area (Å²) in [4.78, 5) is 15.9. The number of rotatable bonds is 1. The third-order valence-corrected chi connectivity index (χ3v) is 5.58. The first-order chi connectivity index (χ1) is 16.9. The second-order valence-electron chi connectivity index (χ2n) is 7.80. The molecule has 0 fully saturated rings. The molecule has 0 atom stereocenters. The smallest absolute Gasteiger partial charge is 0.189 e. The maximum atomic E-state index is 15.6. The number of halogens is 5. The molecule has 9 heteroatoms. The quantitative estimate of drug-likeness (QED) is 0.413. The van der Waals surface area contributed by atoms with Crippen LogP contribution < -0.4 is 0 Å². The summed E-state index contributed by atoms with van der Waals surface area (Å²) in [5, 5.41) is 0. The summed E-state index contributed by atoms with van der Waals surface area (Å²) in [5.41, 5.74) is -1.94. The molecule has 6 rings (SSSR count). The van der Waals surface area contributed by atoms with Crippen LogP contribution in [0.3, 0.4) is 0 Å². The van der Waals surface area contributed by atoms with Crippen molar-refractivity contribution < 1.29 is 22.0 Å². The van der Waals surface area contributed by atoms with Crippen molar-refractivity contribution >= 4 is 28.4 Å². The Kier molecular flexibility index (Phi) is 4.67. The van der Waals surface area contributed by atoms with Gasteiger partial charge in [-0.1, -0.05) is 30.3 Å². The predicted molar refractivity (Wildman–Crippen MR) is 124 cm³/mol. The normalized spacial score (nSPS) is 21.1. The third-order valence-electron chi connectivity index (χ3n) is 5.58. The minimum Gasteiger partial charge on any atom is -0.249 e. The monoisotopic (exact) mass is 474 g/mol. The van der Waals surface area contributed by atoms with Crippen LogP contribution in [-0.2, 0) is 0 Å². The van der Waals surface area contributed by atoms with Crippen molar-refractivity contribution in [2.24, 2.45) is 20.0 Å². The van der Waals surface area contributed by atoms with Gasteiger partial charge < -0.3 is 0 Å². The molecule has 0 unspecified atom stereocenters. The number of fused-ring (bicyclic) bond motifs is 4. The van der Waals surface area contributed by atoms with Crippen molar-refractivity contribution in [2.45, 2.75) is 0 Å². The molecule has 0 saturated carbocycles. The molecule has 0 saturated heterocycles. The van der Waals surface area contributed by atoms with Crippen molar-refractivity contribution in [3.63, 3.8) is 0 Å². The first kappa shape index (κ1) is 21.0. The molecule has 1 aromatic rings. The number of allylic oxidation sites excluding steroid dienone is 12. The van der Waals surface area contributed by atoms with Crippen LogP contribution in [0.25, 0.3) is 5.57 Å². The maximum Gasteiger partial charge on any atom is 0.189 e. The molecule has 5 heterocycles. The van der Waals surface area contributed by atoms with Crippen molar-refractivity contribution in [3.05, 3.63) is 124 Å². The summed E-state index contributed by atoms with van der Waals surface area (Å²) in [5.74, 6) is -7.43. The molecule has 0 N–H and O–H groups in total. The Labute approximate surface area is 195 Å². The molecule has 0 aromatic heterocycles. The predicted octanol–water partition coefficient (Wildman–Crippen LogP) is 6.59. The number of nitrogens with zero attached hydrogens (tertiary/aromatic N) is 4. The molecule has 0 spiro atoms. The van der Waals surface area contributed by atoms with Crippen LogP contribution in [0, 0.1) is 0 Å². The molecular formula is C26H11F5N4. The Bertz CT molecular complexity index is 1600. The van der Waals surface area contributed by atoms with E-state index in [1.165, 1.54) is 18.2 Å². The van der Waals surface area contributed by atoms with Gasteiger partial charge in [-0.15, -0.1) is 0 Å². The topological polar surface area (TPSA) is 49.4 Å². The summed E-state index contributed by atoms with van der Waals surface area (Å²) in [7, 11) is 0. The molecule has 35 heavy (non-hydrogen) atoms. The van der Waals surface area contributed by atoms with Gasteiger partial charge in [0, 0.05) is 5.57 Å². The van der Waals surface area contributed by atoms with Crippen LogP contribution in [-0.4, -0.2) is 22.8 Å². The average molecular weight is 474 g/mol. The zero-order valence-corrected chi connectivity index (χ0v) is 17.5. The van der Waals surface area contributed by atoms with Crippen LogP contribution in [0.15, 0.2) is 139 Å². The summed E-state index contributed by atoms with van der Waals surface area (Å²) in [6.07, 6.45) is 9.01. The van der Waals surface area contributed by atoms with E-state index >= 15 is 8.78 Å². The molecule has 170 valence electrons. The van der Waals surface area contributed by atoms with Gasteiger partial charge in [-0.3, -0.25) is 0 Å². The molecule has 5 aliphatic rings. The molecular weight excluding hydrogens is 463 g/mol. The Morgan fingerprint density at radius 3 is 2.03 bits per heavy atom. The molecule has 1 aromatic carbocycles. The van der Waals surface area contributed by atoms with Gasteiger partial charge in [0.2, 0.25) is 0 Å². The fraction of sp³-hybridized carbons (Fsp3) is 0. The zero-order valence-electron chi connectivity index (χ0n) is 17.5. The summed E-state index contributed by atoms with van der Waals surface area (Å²) in [6, 6.07) is 8.24. The van der Waals surface area contributed by atoms with Crippen molar-refractivity contribution in [2.75, 3.05) is 0 Å². The lowest BCUT2D eigenvalue weighted by Crippen LogP contribution is -2.00. The molecule has 8 bridgehead atoms. The van der Waals surface area contributed by atoms with E-state index < -0.39 is 46.2 Å². The highest BCUT2D eigenvalue weighted by Crippen LogP contribution is 2.40. The van der Waals surface area contributed by atoms with Gasteiger partial charge in [-0.05, 0) is 42.0 Å². The summed E-state index contributed by atoms with van der Waals surface area (Å²) in [6.45, 7) is 0. The molecule has 4 nitrogen and oxygen atoms in total. The van der Waals surface area contributed by atoms with Crippen LogP contribution in [0.2, 0.25) is 0 Å². The lowest BCUT2D eigenvalue weighted by Gasteiger charge is -2.04. The first-order valence-corrected chi connectivity index (χ1v) is 10.4. The van der Waals surface area contributed by atoms with E-state index in [4.69, 9.17) is 0 Å². The highest BCUT2D eigenvalue weighted by Gasteiger charge is 2.36. The number of hydrogen-bond donors (Lipinski definition) is 0. The fourth-order valence-corrected chi connectivity index (χ4v) is 3.96. The van der Waals surface area contributed by atoms with Gasteiger partial charge >= 0.3 is 0 Å². The first-order valence-electron chi connectivity index (χ1n) is 10.4. The highest BCUT2D eigenvalue weighted by atomic mass is 19.2.